The molecule has 0 bridgehead atoms. The average Bonchev–Trinajstić information content (AvgIpc) is 2.44. The first-order valence-electron chi connectivity index (χ1n) is 7.12. The largest absolute Gasteiger partial charge is 0.506 e. The van der Waals surface area contributed by atoms with Crippen LogP contribution in [0.5, 0.6) is 5.75 Å². The highest BCUT2D eigenvalue weighted by molar-refractivity contribution is 5.90. The van der Waals surface area contributed by atoms with Crippen molar-refractivity contribution in [2.24, 2.45) is 0 Å². The van der Waals surface area contributed by atoms with E-state index in [4.69, 9.17) is 5.73 Å². The van der Waals surface area contributed by atoms with Crippen molar-refractivity contribution in [1.29, 1.82) is 0 Å². The van der Waals surface area contributed by atoms with Crippen molar-refractivity contribution in [3.63, 3.8) is 0 Å². The molecular weight excluding hydrogens is 268 g/mol. The van der Waals surface area contributed by atoms with Gasteiger partial charge in [0.15, 0.2) is 0 Å². The van der Waals surface area contributed by atoms with E-state index in [9.17, 15) is 10.2 Å². The summed E-state index contributed by atoms with van der Waals surface area (Å²) in [6.07, 6.45) is 4.27. The molecule has 0 aromatic carbocycles. The second-order valence-electron chi connectivity index (χ2n) is 5.60. The van der Waals surface area contributed by atoms with Crippen LogP contribution >= 0.6 is 0 Å². The number of nitrogen functional groups attached to an aromatic ring is 1. The van der Waals surface area contributed by atoms with Crippen LogP contribution < -0.4 is 11.1 Å². The SMILES string of the molecule is CCCC[C@](C)(CO)Nc1cc(N)nc2cc(O)cnc12. The fourth-order valence-corrected chi connectivity index (χ4v) is 2.29. The monoisotopic (exact) mass is 290 g/mol. The molecule has 2 heterocycles. The minimum absolute atomic E-state index is 0.00873. The lowest BCUT2D eigenvalue weighted by molar-refractivity contribution is 0.212. The summed E-state index contributed by atoms with van der Waals surface area (Å²) in [6, 6.07) is 3.22. The Morgan fingerprint density at radius 2 is 2.14 bits per heavy atom. The Morgan fingerprint density at radius 1 is 1.38 bits per heavy atom. The molecule has 0 aliphatic carbocycles. The molecule has 0 amide bonds. The molecule has 2 rings (SSSR count). The number of rotatable bonds is 6. The molecule has 6 heteroatoms. The summed E-state index contributed by atoms with van der Waals surface area (Å²) in [7, 11) is 0. The minimum Gasteiger partial charge on any atom is -0.506 e. The summed E-state index contributed by atoms with van der Waals surface area (Å²) in [6.45, 7) is 4.09. The normalized spacial score (nSPS) is 14.0. The average molecular weight is 290 g/mol. The van der Waals surface area contributed by atoms with Crippen molar-refractivity contribution in [2.45, 2.75) is 38.6 Å². The Hall–Kier alpha value is -2.08. The molecule has 6 nitrogen and oxygen atoms in total. The van der Waals surface area contributed by atoms with Gasteiger partial charge in [-0.2, -0.15) is 0 Å². The van der Waals surface area contributed by atoms with E-state index in [0.29, 0.717) is 22.5 Å². The number of aliphatic hydroxyl groups excluding tert-OH is 1. The van der Waals surface area contributed by atoms with E-state index in [1.54, 1.807) is 6.07 Å². The highest BCUT2D eigenvalue weighted by Crippen LogP contribution is 2.28. The van der Waals surface area contributed by atoms with Crippen molar-refractivity contribution < 1.29 is 10.2 Å². The smallest absolute Gasteiger partial charge is 0.136 e. The Kier molecular flexibility index (Phi) is 4.47. The van der Waals surface area contributed by atoms with Gasteiger partial charge in [-0.25, -0.2) is 9.97 Å². The number of pyridine rings is 2. The maximum atomic E-state index is 9.69. The standard InChI is InChI=1S/C15H22N4O2/c1-3-4-5-15(2,9-20)19-12-7-13(16)18-11-6-10(21)8-17-14(11)12/h6-8,20-21H,3-5,9H2,1-2H3,(H3,16,18,19)/t15-/m1/s1. The van der Waals surface area contributed by atoms with Gasteiger partial charge < -0.3 is 21.3 Å². The molecule has 0 aliphatic heterocycles. The maximum absolute atomic E-state index is 9.69. The van der Waals surface area contributed by atoms with Gasteiger partial charge in [0, 0.05) is 12.1 Å². The second-order valence-corrected chi connectivity index (χ2v) is 5.60. The first-order chi connectivity index (χ1) is 9.97. The second kappa shape index (κ2) is 6.13. The van der Waals surface area contributed by atoms with Gasteiger partial charge in [-0.15, -0.1) is 0 Å². The van der Waals surface area contributed by atoms with Gasteiger partial charge in [0.05, 0.1) is 29.5 Å². The van der Waals surface area contributed by atoms with Crippen LogP contribution in [0.1, 0.15) is 33.1 Å². The molecule has 0 unspecified atom stereocenters. The molecule has 0 saturated carbocycles. The summed E-state index contributed by atoms with van der Waals surface area (Å²) < 4.78 is 0. The van der Waals surface area contributed by atoms with Crippen LogP contribution in [0.4, 0.5) is 11.5 Å². The van der Waals surface area contributed by atoms with E-state index in [2.05, 4.69) is 22.2 Å². The summed E-state index contributed by atoms with van der Waals surface area (Å²) in [5.41, 5.74) is 7.22. The molecule has 2 aromatic rings. The highest BCUT2D eigenvalue weighted by atomic mass is 16.3. The van der Waals surface area contributed by atoms with Crippen molar-refractivity contribution >= 4 is 22.5 Å². The number of fused-ring (bicyclic) bond motifs is 1. The van der Waals surface area contributed by atoms with E-state index in [-0.39, 0.29) is 12.4 Å². The number of aromatic hydroxyl groups is 1. The molecule has 114 valence electrons. The first kappa shape index (κ1) is 15.3. The minimum atomic E-state index is -0.448. The zero-order chi connectivity index (χ0) is 15.5. The first-order valence-corrected chi connectivity index (χ1v) is 7.12. The summed E-state index contributed by atoms with van der Waals surface area (Å²) >= 11 is 0. The Labute approximate surface area is 124 Å². The van der Waals surface area contributed by atoms with Gasteiger partial charge in [0.1, 0.15) is 17.1 Å². The number of hydrogen-bond donors (Lipinski definition) is 4. The van der Waals surface area contributed by atoms with Gasteiger partial charge >= 0.3 is 0 Å². The lowest BCUT2D eigenvalue weighted by Crippen LogP contribution is -2.38. The van der Waals surface area contributed by atoms with Crippen LogP contribution in [0.15, 0.2) is 18.3 Å². The quantitative estimate of drug-likeness (QED) is 0.650. The van der Waals surface area contributed by atoms with E-state index in [1.165, 1.54) is 12.3 Å². The third-order valence-electron chi connectivity index (χ3n) is 3.52. The van der Waals surface area contributed by atoms with Gasteiger partial charge in [-0.3, -0.25) is 0 Å². The highest BCUT2D eigenvalue weighted by Gasteiger charge is 2.23. The summed E-state index contributed by atoms with van der Waals surface area (Å²) in [5, 5.41) is 22.5. The molecule has 2 aromatic heterocycles. The van der Waals surface area contributed by atoms with Crippen LogP contribution in [0, 0.1) is 0 Å². The van der Waals surface area contributed by atoms with E-state index < -0.39 is 5.54 Å². The molecule has 5 N–H and O–H groups in total. The fourth-order valence-electron chi connectivity index (χ4n) is 2.29. The number of hydrogen-bond acceptors (Lipinski definition) is 6. The number of unbranched alkanes of at least 4 members (excludes halogenated alkanes) is 1. The van der Waals surface area contributed by atoms with Gasteiger partial charge in [0.25, 0.3) is 0 Å². The number of nitrogens with one attached hydrogen (secondary N) is 1. The van der Waals surface area contributed by atoms with Crippen LogP contribution in [-0.2, 0) is 0 Å². The van der Waals surface area contributed by atoms with Gasteiger partial charge in [-0.1, -0.05) is 19.8 Å². The number of aliphatic hydroxyl groups is 1. The van der Waals surface area contributed by atoms with Crippen molar-refractivity contribution in [1.82, 2.24) is 9.97 Å². The lowest BCUT2D eigenvalue weighted by Gasteiger charge is -2.30. The fraction of sp³-hybridized carbons (Fsp3) is 0.467. The molecule has 0 radical (unpaired) electrons. The number of nitrogens with two attached hydrogens (primary N) is 1. The Morgan fingerprint density at radius 3 is 2.81 bits per heavy atom. The predicted octanol–water partition coefficient (Wildman–Crippen LogP) is 2.27. The van der Waals surface area contributed by atoms with Crippen LogP contribution in [0.2, 0.25) is 0 Å². The summed E-state index contributed by atoms with van der Waals surface area (Å²) in [4.78, 5) is 8.38. The lowest BCUT2D eigenvalue weighted by atomic mass is 9.95. The van der Waals surface area contributed by atoms with Crippen molar-refractivity contribution in [3.05, 3.63) is 18.3 Å². The van der Waals surface area contributed by atoms with Crippen LogP contribution in [-0.4, -0.2) is 32.3 Å². The molecular formula is C15H22N4O2. The molecule has 1 atom stereocenters. The molecule has 0 saturated heterocycles. The van der Waals surface area contributed by atoms with E-state index in [0.717, 1.165) is 19.3 Å². The Bertz CT molecular complexity index is 627. The zero-order valence-electron chi connectivity index (χ0n) is 12.4. The molecule has 0 fully saturated rings. The van der Waals surface area contributed by atoms with Crippen LogP contribution in [0.25, 0.3) is 11.0 Å². The van der Waals surface area contributed by atoms with Gasteiger partial charge in [0.2, 0.25) is 0 Å². The summed E-state index contributed by atoms with van der Waals surface area (Å²) in [5.74, 6) is 0.385. The molecule has 0 spiro atoms. The molecule has 0 aliphatic rings. The number of nitrogens with zero attached hydrogens (tertiary/aromatic N) is 2. The third-order valence-corrected chi connectivity index (χ3v) is 3.52. The van der Waals surface area contributed by atoms with E-state index in [1.807, 2.05) is 6.92 Å². The number of anilines is 2. The topological polar surface area (TPSA) is 104 Å². The zero-order valence-corrected chi connectivity index (χ0v) is 12.4. The molecule has 21 heavy (non-hydrogen) atoms. The third kappa shape index (κ3) is 3.52. The predicted molar refractivity (Wildman–Crippen MR) is 84.3 cm³/mol. The van der Waals surface area contributed by atoms with Crippen molar-refractivity contribution in [3.8, 4) is 5.75 Å². The van der Waals surface area contributed by atoms with Gasteiger partial charge in [-0.05, 0) is 13.3 Å². The van der Waals surface area contributed by atoms with Crippen molar-refractivity contribution in [2.75, 3.05) is 17.7 Å². The van der Waals surface area contributed by atoms with Crippen LogP contribution in [0.3, 0.4) is 0 Å². The number of aromatic nitrogens is 2. The Balaban J connectivity index is 2.41. The maximum Gasteiger partial charge on any atom is 0.136 e. The van der Waals surface area contributed by atoms with E-state index >= 15 is 0 Å².